The van der Waals surface area contributed by atoms with E-state index in [2.05, 4.69) is 56.8 Å². The highest BCUT2D eigenvalue weighted by Crippen LogP contribution is 2.17. The van der Waals surface area contributed by atoms with Gasteiger partial charge in [0.1, 0.15) is 0 Å². The summed E-state index contributed by atoms with van der Waals surface area (Å²) in [5, 5.41) is 0. The smallest absolute Gasteiger partial charge is 0.0182 e. The van der Waals surface area contributed by atoms with E-state index < -0.39 is 0 Å². The molecule has 0 radical (unpaired) electrons. The Hall–Kier alpha value is -1.56. The van der Waals surface area contributed by atoms with E-state index >= 15 is 0 Å². The summed E-state index contributed by atoms with van der Waals surface area (Å²) < 4.78 is 0. The molecule has 0 saturated heterocycles. The Morgan fingerprint density at radius 2 is 2.20 bits per heavy atom. The third-order valence-electron chi connectivity index (χ3n) is 2.18. The summed E-state index contributed by atoms with van der Waals surface area (Å²) >= 11 is 0. The zero-order chi connectivity index (χ0) is 11.1. The summed E-state index contributed by atoms with van der Waals surface area (Å²) in [4.78, 5) is 0. The van der Waals surface area contributed by atoms with Crippen molar-refractivity contribution < 1.29 is 0 Å². The Morgan fingerprint density at radius 3 is 2.80 bits per heavy atom. The van der Waals surface area contributed by atoms with Crippen LogP contribution in [0.5, 0.6) is 0 Å². The molecular weight excluding hydrogens is 180 g/mol. The van der Waals surface area contributed by atoms with Crippen LogP contribution in [0.3, 0.4) is 0 Å². The van der Waals surface area contributed by atoms with Crippen molar-refractivity contribution >= 4 is 5.57 Å². The van der Waals surface area contributed by atoms with Crippen LogP contribution in [-0.2, 0) is 0 Å². The van der Waals surface area contributed by atoms with Gasteiger partial charge < -0.3 is 0 Å². The molecular formula is C15H18. The van der Waals surface area contributed by atoms with Gasteiger partial charge in [0.2, 0.25) is 0 Å². The van der Waals surface area contributed by atoms with E-state index in [4.69, 9.17) is 0 Å². The highest BCUT2D eigenvalue weighted by molar-refractivity contribution is 5.75. The summed E-state index contributed by atoms with van der Waals surface area (Å²) in [6.45, 7) is 7.99. The van der Waals surface area contributed by atoms with Crippen LogP contribution in [0.1, 0.15) is 24.5 Å². The van der Waals surface area contributed by atoms with E-state index in [1.807, 2.05) is 12.2 Å². The van der Waals surface area contributed by atoms with Crippen molar-refractivity contribution in [3.63, 3.8) is 0 Å². The molecule has 0 fully saturated rings. The molecule has 0 atom stereocenters. The van der Waals surface area contributed by atoms with Gasteiger partial charge in [0, 0.05) is 0 Å². The van der Waals surface area contributed by atoms with E-state index in [-0.39, 0.29) is 0 Å². The lowest BCUT2D eigenvalue weighted by atomic mass is 10.0. The minimum Gasteiger partial charge on any atom is -0.0990 e. The minimum absolute atomic E-state index is 1.06. The third-order valence-corrected chi connectivity index (χ3v) is 2.18. The molecule has 1 aromatic carbocycles. The van der Waals surface area contributed by atoms with Crippen molar-refractivity contribution in [3.8, 4) is 0 Å². The lowest BCUT2D eigenvalue weighted by molar-refractivity contribution is 1.22. The molecule has 0 spiro atoms. The van der Waals surface area contributed by atoms with E-state index in [0.29, 0.717) is 0 Å². The van der Waals surface area contributed by atoms with Crippen LogP contribution >= 0.6 is 0 Å². The van der Waals surface area contributed by atoms with Crippen molar-refractivity contribution in [1.82, 2.24) is 0 Å². The van der Waals surface area contributed by atoms with Crippen LogP contribution in [0, 0.1) is 6.92 Å². The molecule has 0 heteroatoms. The Kier molecular flexibility index (Phi) is 4.62. The molecule has 0 aliphatic rings. The number of hydrogen-bond donors (Lipinski definition) is 0. The third kappa shape index (κ3) is 3.59. The second kappa shape index (κ2) is 6.02. The highest BCUT2D eigenvalue weighted by Gasteiger charge is 1.96. The average Bonchev–Trinajstić information content (AvgIpc) is 2.24. The molecule has 78 valence electrons. The number of hydrogen-bond acceptors (Lipinski definition) is 0. The van der Waals surface area contributed by atoms with Gasteiger partial charge in [-0.3, -0.25) is 0 Å². The number of benzene rings is 1. The normalized spacial score (nSPS) is 12.0. The first-order valence-electron chi connectivity index (χ1n) is 5.34. The lowest BCUT2D eigenvalue weighted by Crippen LogP contribution is -1.82. The standard InChI is InChI=1S/C15H18/c1-4-6-10-14(8-5-2)15-11-7-9-13(3)12-15/h5-12H,2,4H2,1,3H3/b10-6-,14-8+. The first-order valence-corrected chi connectivity index (χ1v) is 5.34. The largest absolute Gasteiger partial charge is 0.0990 e. The van der Waals surface area contributed by atoms with Crippen molar-refractivity contribution in [1.29, 1.82) is 0 Å². The van der Waals surface area contributed by atoms with Crippen LogP contribution in [0.15, 0.2) is 55.1 Å². The summed E-state index contributed by atoms with van der Waals surface area (Å²) in [6.07, 6.45) is 9.24. The maximum Gasteiger partial charge on any atom is -0.0182 e. The average molecular weight is 198 g/mol. The van der Waals surface area contributed by atoms with Gasteiger partial charge in [-0.05, 0) is 24.5 Å². The Balaban J connectivity index is 3.04. The maximum atomic E-state index is 3.75. The molecule has 0 heterocycles. The summed E-state index contributed by atoms with van der Waals surface area (Å²) in [6, 6.07) is 8.51. The van der Waals surface area contributed by atoms with E-state index in [1.165, 1.54) is 16.7 Å². The van der Waals surface area contributed by atoms with Crippen LogP contribution < -0.4 is 0 Å². The van der Waals surface area contributed by atoms with Gasteiger partial charge in [0.05, 0.1) is 0 Å². The summed E-state index contributed by atoms with van der Waals surface area (Å²) in [5.74, 6) is 0. The van der Waals surface area contributed by atoms with Gasteiger partial charge in [-0.25, -0.2) is 0 Å². The van der Waals surface area contributed by atoms with Crippen LogP contribution in [0.2, 0.25) is 0 Å². The molecule has 0 saturated carbocycles. The predicted octanol–water partition coefficient (Wildman–Crippen LogP) is 4.53. The molecule has 0 N–H and O–H groups in total. The molecule has 0 amide bonds. The maximum absolute atomic E-state index is 3.75. The Bertz CT molecular complexity index is 381. The molecule has 0 unspecified atom stereocenters. The van der Waals surface area contributed by atoms with E-state index in [0.717, 1.165) is 6.42 Å². The predicted molar refractivity (Wildman–Crippen MR) is 68.8 cm³/mol. The quantitative estimate of drug-likeness (QED) is 0.623. The van der Waals surface area contributed by atoms with Crippen molar-refractivity contribution in [2.24, 2.45) is 0 Å². The summed E-state index contributed by atoms with van der Waals surface area (Å²) in [5.41, 5.74) is 3.75. The molecule has 0 nitrogen and oxygen atoms in total. The SMILES string of the molecule is C=C/C=C(\C=C/CC)c1cccc(C)c1. The van der Waals surface area contributed by atoms with Gasteiger partial charge in [0.15, 0.2) is 0 Å². The number of aryl methyl sites for hydroxylation is 1. The van der Waals surface area contributed by atoms with Crippen molar-refractivity contribution in [2.45, 2.75) is 20.3 Å². The zero-order valence-corrected chi connectivity index (χ0v) is 9.53. The van der Waals surface area contributed by atoms with E-state index in [1.54, 1.807) is 0 Å². The molecule has 1 aromatic rings. The molecule has 0 aliphatic heterocycles. The first-order chi connectivity index (χ1) is 7.27. The summed E-state index contributed by atoms with van der Waals surface area (Å²) in [7, 11) is 0. The number of allylic oxidation sites excluding steroid dienone is 5. The van der Waals surface area contributed by atoms with Gasteiger partial charge in [-0.2, -0.15) is 0 Å². The molecule has 0 aromatic heterocycles. The Labute approximate surface area is 92.6 Å². The zero-order valence-electron chi connectivity index (χ0n) is 9.53. The first kappa shape index (κ1) is 11.5. The lowest BCUT2D eigenvalue weighted by Gasteiger charge is -2.03. The van der Waals surface area contributed by atoms with Crippen LogP contribution in [-0.4, -0.2) is 0 Å². The topological polar surface area (TPSA) is 0 Å². The van der Waals surface area contributed by atoms with Gasteiger partial charge >= 0.3 is 0 Å². The molecule has 0 bridgehead atoms. The fraction of sp³-hybridized carbons (Fsp3) is 0.200. The van der Waals surface area contributed by atoms with Crippen molar-refractivity contribution in [2.75, 3.05) is 0 Å². The second-order valence-electron chi connectivity index (χ2n) is 3.54. The minimum atomic E-state index is 1.06. The fourth-order valence-electron chi connectivity index (χ4n) is 1.44. The molecule has 0 aliphatic carbocycles. The van der Waals surface area contributed by atoms with Gasteiger partial charge in [-0.15, -0.1) is 0 Å². The highest BCUT2D eigenvalue weighted by atomic mass is 14.0. The molecule has 1 rings (SSSR count). The van der Waals surface area contributed by atoms with Crippen LogP contribution in [0.25, 0.3) is 5.57 Å². The van der Waals surface area contributed by atoms with Gasteiger partial charge in [-0.1, -0.05) is 67.6 Å². The number of rotatable bonds is 4. The van der Waals surface area contributed by atoms with Crippen molar-refractivity contribution in [3.05, 3.63) is 66.3 Å². The van der Waals surface area contributed by atoms with Crippen LogP contribution in [0.4, 0.5) is 0 Å². The second-order valence-corrected chi connectivity index (χ2v) is 3.54. The van der Waals surface area contributed by atoms with Gasteiger partial charge in [0.25, 0.3) is 0 Å². The van der Waals surface area contributed by atoms with E-state index in [9.17, 15) is 0 Å². The Morgan fingerprint density at radius 1 is 1.40 bits per heavy atom. The molecule has 15 heavy (non-hydrogen) atoms. The fourth-order valence-corrected chi connectivity index (χ4v) is 1.44. The monoisotopic (exact) mass is 198 g/mol.